The minimum atomic E-state index is 0.463. The van der Waals surface area contributed by atoms with Crippen LogP contribution in [0.5, 0.6) is 0 Å². The number of hydrogen-bond donors (Lipinski definition) is 0. The summed E-state index contributed by atoms with van der Waals surface area (Å²) in [5.41, 5.74) is 1.11. The standard InChI is InChI=1S/C11H13BrN4S/c1-8-7-17-11(14-8)15-3-2-10(6-15)16-5-9(12)4-13-16/h4-5,7,10H,2-3,6H2,1H3. The lowest BCUT2D eigenvalue weighted by Crippen LogP contribution is -2.20. The molecule has 1 aliphatic heterocycles. The van der Waals surface area contributed by atoms with E-state index in [9.17, 15) is 0 Å². The van der Waals surface area contributed by atoms with Crippen LogP contribution in [0.2, 0.25) is 0 Å². The zero-order chi connectivity index (χ0) is 11.8. The molecule has 1 saturated heterocycles. The summed E-state index contributed by atoms with van der Waals surface area (Å²) in [7, 11) is 0. The molecule has 3 rings (SSSR count). The second kappa shape index (κ2) is 4.42. The molecular weight excluding hydrogens is 300 g/mol. The summed E-state index contributed by atoms with van der Waals surface area (Å²) in [5.74, 6) is 0. The van der Waals surface area contributed by atoms with Crippen molar-refractivity contribution >= 4 is 32.4 Å². The number of aryl methyl sites for hydroxylation is 1. The molecule has 1 aliphatic rings. The largest absolute Gasteiger partial charge is 0.346 e. The highest BCUT2D eigenvalue weighted by molar-refractivity contribution is 9.10. The molecular formula is C11H13BrN4S. The first-order valence-electron chi connectivity index (χ1n) is 5.59. The van der Waals surface area contributed by atoms with Gasteiger partial charge in [-0.15, -0.1) is 11.3 Å². The van der Waals surface area contributed by atoms with Crippen molar-refractivity contribution in [3.8, 4) is 0 Å². The molecule has 2 aromatic rings. The molecule has 0 aliphatic carbocycles. The van der Waals surface area contributed by atoms with Crippen molar-refractivity contribution < 1.29 is 0 Å². The van der Waals surface area contributed by atoms with E-state index in [0.717, 1.165) is 34.8 Å². The Bertz CT molecular complexity index is 475. The lowest BCUT2D eigenvalue weighted by atomic mass is 10.3. The van der Waals surface area contributed by atoms with Crippen LogP contribution >= 0.6 is 27.3 Å². The van der Waals surface area contributed by atoms with E-state index in [1.165, 1.54) is 0 Å². The SMILES string of the molecule is Cc1csc(N2CCC(n3cc(Br)cn3)C2)n1. The number of hydrogen-bond acceptors (Lipinski definition) is 4. The maximum atomic E-state index is 4.53. The Morgan fingerprint density at radius 3 is 3.06 bits per heavy atom. The van der Waals surface area contributed by atoms with Crippen LogP contribution < -0.4 is 4.90 Å². The zero-order valence-corrected chi connectivity index (χ0v) is 11.9. The first kappa shape index (κ1) is 11.2. The van der Waals surface area contributed by atoms with E-state index < -0.39 is 0 Å². The molecule has 4 nitrogen and oxygen atoms in total. The minimum Gasteiger partial charge on any atom is -0.346 e. The molecule has 17 heavy (non-hydrogen) atoms. The first-order chi connectivity index (χ1) is 8.22. The van der Waals surface area contributed by atoms with E-state index in [2.05, 4.69) is 36.3 Å². The van der Waals surface area contributed by atoms with Gasteiger partial charge in [0.25, 0.3) is 0 Å². The Balaban J connectivity index is 1.73. The van der Waals surface area contributed by atoms with Crippen LogP contribution in [0.1, 0.15) is 18.2 Å². The summed E-state index contributed by atoms with van der Waals surface area (Å²) < 4.78 is 3.09. The van der Waals surface area contributed by atoms with Crippen LogP contribution in [-0.4, -0.2) is 27.9 Å². The van der Waals surface area contributed by atoms with Gasteiger partial charge in [0.2, 0.25) is 0 Å². The highest BCUT2D eigenvalue weighted by atomic mass is 79.9. The predicted octanol–water partition coefficient (Wildman–Crippen LogP) is 2.86. The van der Waals surface area contributed by atoms with Gasteiger partial charge in [0.15, 0.2) is 5.13 Å². The topological polar surface area (TPSA) is 34.0 Å². The number of halogens is 1. The van der Waals surface area contributed by atoms with Crippen molar-refractivity contribution in [1.29, 1.82) is 0 Å². The predicted molar refractivity (Wildman–Crippen MR) is 72.6 cm³/mol. The van der Waals surface area contributed by atoms with Gasteiger partial charge in [-0.3, -0.25) is 4.68 Å². The number of rotatable bonds is 2. The molecule has 1 fully saturated rings. The summed E-state index contributed by atoms with van der Waals surface area (Å²) in [6, 6.07) is 0.463. The van der Waals surface area contributed by atoms with Gasteiger partial charge < -0.3 is 4.90 Å². The van der Waals surface area contributed by atoms with Crippen molar-refractivity contribution in [1.82, 2.24) is 14.8 Å². The van der Waals surface area contributed by atoms with Crippen molar-refractivity contribution in [3.63, 3.8) is 0 Å². The lowest BCUT2D eigenvalue weighted by molar-refractivity contribution is 0.494. The fourth-order valence-corrected chi connectivity index (χ4v) is 3.27. The van der Waals surface area contributed by atoms with Crippen molar-refractivity contribution in [2.45, 2.75) is 19.4 Å². The number of aromatic nitrogens is 3. The fraction of sp³-hybridized carbons (Fsp3) is 0.455. The maximum absolute atomic E-state index is 4.53. The van der Waals surface area contributed by atoms with Crippen LogP contribution in [0, 0.1) is 6.92 Å². The average Bonchev–Trinajstić information content (AvgIpc) is 2.96. The van der Waals surface area contributed by atoms with Gasteiger partial charge in [-0.25, -0.2) is 4.98 Å². The van der Waals surface area contributed by atoms with Crippen LogP contribution in [0.3, 0.4) is 0 Å². The normalized spacial score (nSPS) is 20.1. The molecule has 90 valence electrons. The van der Waals surface area contributed by atoms with Gasteiger partial charge in [-0.2, -0.15) is 5.10 Å². The van der Waals surface area contributed by atoms with Crippen LogP contribution in [0.15, 0.2) is 22.2 Å². The highest BCUT2D eigenvalue weighted by Crippen LogP contribution is 2.29. The van der Waals surface area contributed by atoms with Crippen molar-refractivity contribution in [2.75, 3.05) is 18.0 Å². The number of anilines is 1. The Labute approximate surface area is 112 Å². The Hall–Kier alpha value is -0.880. The monoisotopic (exact) mass is 312 g/mol. The number of nitrogens with zero attached hydrogens (tertiary/aromatic N) is 4. The maximum Gasteiger partial charge on any atom is 0.185 e. The van der Waals surface area contributed by atoms with Gasteiger partial charge in [0.1, 0.15) is 0 Å². The third-order valence-electron chi connectivity index (χ3n) is 2.98. The van der Waals surface area contributed by atoms with Gasteiger partial charge >= 0.3 is 0 Å². The molecule has 0 N–H and O–H groups in total. The fourth-order valence-electron chi connectivity index (χ4n) is 2.13. The average molecular weight is 313 g/mol. The third kappa shape index (κ3) is 2.24. The highest BCUT2D eigenvalue weighted by Gasteiger charge is 2.26. The van der Waals surface area contributed by atoms with Crippen LogP contribution in [0.25, 0.3) is 0 Å². The van der Waals surface area contributed by atoms with E-state index >= 15 is 0 Å². The minimum absolute atomic E-state index is 0.463. The molecule has 0 radical (unpaired) electrons. The second-order valence-electron chi connectivity index (χ2n) is 4.30. The molecule has 6 heteroatoms. The van der Waals surface area contributed by atoms with Gasteiger partial charge in [0.05, 0.1) is 22.4 Å². The van der Waals surface area contributed by atoms with E-state index in [0.29, 0.717) is 6.04 Å². The van der Waals surface area contributed by atoms with E-state index in [1.807, 2.05) is 24.0 Å². The molecule has 1 unspecified atom stereocenters. The zero-order valence-electron chi connectivity index (χ0n) is 9.51. The molecule has 0 amide bonds. The Morgan fingerprint density at radius 2 is 2.41 bits per heavy atom. The first-order valence-corrected chi connectivity index (χ1v) is 7.26. The number of thiazole rings is 1. The third-order valence-corrected chi connectivity index (χ3v) is 4.41. The van der Waals surface area contributed by atoms with Gasteiger partial charge in [-0.1, -0.05) is 0 Å². The summed E-state index contributed by atoms with van der Waals surface area (Å²) in [6.45, 7) is 4.11. The molecule has 0 spiro atoms. The van der Waals surface area contributed by atoms with Crippen LogP contribution in [0.4, 0.5) is 5.13 Å². The van der Waals surface area contributed by atoms with Gasteiger partial charge in [-0.05, 0) is 29.3 Å². The molecule has 0 saturated carbocycles. The Kier molecular flexibility index (Phi) is 2.92. The second-order valence-corrected chi connectivity index (χ2v) is 6.05. The van der Waals surface area contributed by atoms with Crippen molar-refractivity contribution in [3.05, 3.63) is 27.9 Å². The molecule has 2 aromatic heterocycles. The summed E-state index contributed by atoms with van der Waals surface area (Å²) >= 11 is 5.16. The lowest BCUT2D eigenvalue weighted by Gasteiger charge is -2.14. The summed E-state index contributed by atoms with van der Waals surface area (Å²) in [4.78, 5) is 6.88. The van der Waals surface area contributed by atoms with E-state index in [4.69, 9.17) is 0 Å². The smallest absolute Gasteiger partial charge is 0.185 e. The molecule has 1 atom stereocenters. The summed E-state index contributed by atoms with van der Waals surface area (Å²) in [5, 5.41) is 7.60. The van der Waals surface area contributed by atoms with E-state index in [1.54, 1.807) is 11.3 Å². The van der Waals surface area contributed by atoms with E-state index in [-0.39, 0.29) is 0 Å². The molecule has 0 aromatic carbocycles. The Morgan fingerprint density at radius 1 is 1.53 bits per heavy atom. The van der Waals surface area contributed by atoms with Crippen molar-refractivity contribution in [2.24, 2.45) is 0 Å². The van der Waals surface area contributed by atoms with Crippen LogP contribution in [-0.2, 0) is 0 Å². The molecule has 3 heterocycles. The molecule has 0 bridgehead atoms. The quantitative estimate of drug-likeness (QED) is 0.855. The van der Waals surface area contributed by atoms with Gasteiger partial charge in [0, 0.05) is 24.7 Å². The summed E-state index contributed by atoms with van der Waals surface area (Å²) in [6.07, 6.45) is 5.02.